The molecule has 0 radical (unpaired) electrons. The predicted octanol–water partition coefficient (Wildman–Crippen LogP) is 3.30. The Morgan fingerprint density at radius 2 is 2.11 bits per heavy atom. The molecule has 1 atom stereocenters. The number of hydrogen-bond donors (Lipinski definition) is 2. The zero-order chi connectivity index (χ0) is 19.1. The molecule has 0 aliphatic rings. The molecular formula is C19H23ClN6S. The monoisotopic (exact) mass is 402 g/mol. The van der Waals surface area contributed by atoms with Gasteiger partial charge in [0.15, 0.2) is 5.96 Å². The molecule has 8 heteroatoms. The molecule has 0 saturated heterocycles. The Bertz CT molecular complexity index is 857. The first-order valence-corrected chi connectivity index (χ1v) is 9.95. The van der Waals surface area contributed by atoms with Crippen molar-refractivity contribution in [2.75, 3.05) is 20.1 Å². The normalized spacial score (nSPS) is 12.8. The second kappa shape index (κ2) is 9.53. The van der Waals surface area contributed by atoms with Crippen LogP contribution in [0.5, 0.6) is 0 Å². The molecule has 0 saturated carbocycles. The Labute approximate surface area is 168 Å². The molecule has 0 aliphatic heterocycles. The number of benzene rings is 1. The van der Waals surface area contributed by atoms with Gasteiger partial charge in [0, 0.05) is 55.0 Å². The van der Waals surface area contributed by atoms with Crippen molar-refractivity contribution in [2.45, 2.75) is 19.4 Å². The van der Waals surface area contributed by atoms with E-state index in [4.69, 9.17) is 11.6 Å². The average molecular weight is 403 g/mol. The number of nitrogens with one attached hydrogen (secondary N) is 2. The smallest absolute Gasteiger partial charge is 0.191 e. The van der Waals surface area contributed by atoms with E-state index in [0.29, 0.717) is 6.54 Å². The Hall–Kier alpha value is -2.38. The highest BCUT2D eigenvalue weighted by Crippen LogP contribution is 2.19. The lowest BCUT2D eigenvalue weighted by molar-refractivity contribution is 0.511. The quantitative estimate of drug-likeness (QED) is 0.470. The first kappa shape index (κ1) is 19.4. The van der Waals surface area contributed by atoms with Crippen LogP contribution in [0.1, 0.15) is 21.5 Å². The van der Waals surface area contributed by atoms with Crippen LogP contribution in [0.2, 0.25) is 5.02 Å². The number of thiazole rings is 1. The Balaban J connectivity index is 1.59. The summed E-state index contributed by atoms with van der Waals surface area (Å²) in [5.74, 6) is 0.759. The molecule has 2 heterocycles. The van der Waals surface area contributed by atoms with Gasteiger partial charge in [-0.1, -0.05) is 23.7 Å². The number of aliphatic imine (C=N–C) groups is 1. The second-order valence-electron chi connectivity index (χ2n) is 6.05. The van der Waals surface area contributed by atoms with Crippen LogP contribution < -0.4 is 10.6 Å². The summed E-state index contributed by atoms with van der Waals surface area (Å²) >= 11 is 7.76. The SMILES string of the molecule is CN=C(NCCc1ncc(C)s1)NCC(c1ccc(Cl)cc1)n1cccn1. The highest BCUT2D eigenvalue weighted by atomic mass is 35.5. The summed E-state index contributed by atoms with van der Waals surface area (Å²) in [7, 11) is 1.77. The van der Waals surface area contributed by atoms with E-state index >= 15 is 0 Å². The third-order valence-electron chi connectivity index (χ3n) is 4.09. The molecule has 6 nitrogen and oxygen atoms in total. The molecule has 1 unspecified atom stereocenters. The molecule has 27 heavy (non-hydrogen) atoms. The number of nitrogens with zero attached hydrogens (tertiary/aromatic N) is 4. The topological polar surface area (TPSA) is 67.1 Å². The van der Waals surface area contributed by atoms with Crippen molar-refractivity contribution in [1.82, 2.24) is 25.4 Å². The Morgan fingerprint density at radius 3 is 2.74 bits per heavy atom. The van der Waals surface area contributed by atoms with E-state index in [2.05, 4.69) is 32.6 Å². The van der Waals surface area contributed by atoms with E-state index in [1.807, 2.05) is 47.4 Å². The van der Waals surface area contributed by atoms with Gasteiger partial charge >= 0.3 is 0 Å². The van der Waals surface area contributed by atoms with E-state index in [1.165, 1.54) is 4.88 Å². The lowest BCUT2D eigenvalue weighted by Gasteiger charge is -2.20. The summed E-state index contributed by atoms with van der Waals surface area (Å²) in [6.07, 6.45) is 6.53. The summed E-state index contributed by atoms with van der Waals surface area (Å²) in [6.45, 7) is 3.50. The van der Waals surface area contributed by atoms with Crippen LogP contribution in [0.3, 0.4) is 0 Å². The van der Waals surface area contributed by atoms with Gasteiger partial charge in [-0.15, -0.1) is 11.3 Å². The zero-order valence-corrected chi connectivity index (χ0v) is 17.0. The van der Waals surface area contributed by atoms with Crippen LogP contribution in [0.4, 0.5) is 0 Å². The molecule has 0 amide bonds. The molecule has 1 aromatic carbocycles. The number of halogens is 1. The van der Waals surface area contributed by atoms with Gasteiger partial charge in [-0.25, -0.2) is 4.98 Å². The molecule has 0 bridgehead atoms. The van der Waals surface area contributed by atoms with Gasteiger partial charge in [0.1, 0.15) is 0 Å². The molecule has 0 spiro atoms. The van der Waals surface area contributed by atoms with Crippen molar-refractivity contribution in [3.63, 3.8) is 0 Å². The van der Waals surface area contributed by atoms with E-state index < -0.39 is 0 Å². The maximum atomic E-state index is 6.03. The molecule has 3 aromatic rings. The van der Waals surface area contributed by atoms with Crippen LogP contribution in [0, 0.1) is 6.92 Å². The average Bonchev–Trinajstić information content (AvgIpc) is 3.34. The lowest BCUT2D eigenvalue weighted by Crippen LogP contribution is -2.41. The van der Waals surface area contributed by atoms with Crippen LogP contribution >= 0.6 is 22.9 Å². The highest BCUT2D eigenvalue weighted by Gasteiger charge is 2.14. The van der Waals surface area contributed by atoms with Crippen molar-refractivity contribution in [3.05, 3.63) is 69.4 Å². The zero-order valence-electron chi connectivity index (χ0n) is 15.4. The third-order valence-corrected chi connectivity index (χ3v) is 5.31. The standard InChI is InChI=1S/C19H23ClN6S/c1-14-12-23-18(27-14)8-10-22-19(21-2)24-13-17(26-11-3-9-25-26)15-4-6-16(20)7-5-15/h3-7,9,11-12,17H,8,10,13H2,1-2H3,(H2,21,22,24). The van der Waals surface area contributed by atoms with Crippen LogP contribution in [-0.4, -0.2) is 40.9 Å². The van der Waals surface area contributed by atoms with Crippen molar-refractivity contribution < 1.29 is 0 Å². The summed E-state index contributed by atoms with van der Waals surface area (Å²) in [5.41, 5.74) is 1.13. The third kappa shape index (κ3) is 5.55. The molecule has 3 rings (SSSR count). The Morgan fingerprint density at radius 1 is 1.30 bits per heavy atom. The van der Waals surface area contributed by atoms with Gasteiger partial charge in [0.25, 0.3) is 0 Å². The fourth-order valence-electron chi connectivity index (χ4n) is 2.73. The van der Waals surface area contributed by atoms with Gasteiger partial charge in [0.2, 0.25) is 0 Å². The maximum absolute atomic E-state index is 6.03. The summed E-state index contributed by atoms with van der Waals surface area (Å²) in [5, 5.41) is 13.0. The largest absolute Gasteiger partial charge is 0.356 e. The minimum Gasteiger partial charge on any atom is -0.356 e. The second-order valence-corrected chi connectivity index (χ2v) is 7.80. The molecule has 142 valence electrons. The van der Waals surface area contributed by atoms with Crippen LogP contribution in [-0.2, 0) is 6.42 Å². The van der Waals surface area contributed by atoms with Gasteiger partial charge in [-0.3, -0.25) is 9.67 Å². The Kier molecular flexibility index (Phi) is 6.84. The number of hydrogen-bond acceptors (Lipinski definition) is 4. The van der Waals surface area contributed by atoms with E-state index in [1.54, 1.807) is 24.6 Å². The molecule has 2 aromatic heterocycles. The maximum Gasteiger partial charge on any atom is 0.191 e. The van der Waals surface area contributed by atoms with Crippen molar-refractivity contribution in [2.24, 2.45) is 4.99 Å². The molecule has 0 fully saturated rings. The molecule has 0 aliphatic carbocycles. The van der Waals surface area contributed by atoms with Gasteiger partial charge in [0.05, 0.1) is 11.0 Å². The van der Waals surface area contributed by atoms with Crippen molar-refractivity contribution in [3.8, 4) is 0 Å². The van der Waals surface area contributed by atoms with Gasteiger partial charge < -0.3 is 10.6 Å². The van der Waals surface area contributed by atoms with Crippen molar-refractivity contribution >= 4 is 28.9 Å². The number of guanidine groups is 1. The summed E-state index contributed by atoms with van der Waals surface area (Å²) < 4.78 is 1.93. The predicted molar refractivity (Wildman–Crippen MR) is 112 cm³/mol. The summed E-state index contributed by atoms with van der Waals surface area (Å²) in [6, 6.07) is 9.81. The van der Waals surface area contributed by atoms with Crippen molar-refractivity contribution in [1.29, 1.82) is 0 Å². The first-order chi connectivity index (χ1) is 13.2. The fraction of sp³-hybridized carbons (Fsp3) is 0.316. The van der Waals surface area contributed by atoms with Gasteiger partial charge in [-0.2, -0.15) is 5.10 Å². The highest BCUT2D eigenvalue weighted by molar-refractivity contribution is 7.11. The number of aromatic nitrogens is 3. The first-order valence-electron chi connectivity index (χ1n) is 8.76. The summed E-state index contributed by atoms with van der Waals surface area (Å²) in [4.78, 5) is 9.94. The molecule has 2 N–H and O–H groups in total. The minimum absolute atomic E-state index is 0.0393. The van der Waals surface area contributed by atoms with E-state index in [9.17, 15) is 0 Å². The number of rotatable bonds is 7. The fourth-order valence-corrected chi connectivity index (χ4v) is 3.65. The van der Waals surface area contributed by atoms with Crippen LogP contribution in [0.15, 0.2) is 53.9 Å². The molecular weight excluding hydrogens is 380 g/mol. The van der Waals surface area contributed by atoms with E-state index in [0.717, 1.165) is 34.5 Å². The number of aryl methyl sites for hydroxylation is 1. The van der Waals surface area contributed by atoms with Crippen LogP contribution in [0.25, 0.3) is 0 Å². The lowest BCUT2D eigenvalue weighted by atomic mass is 10.1. The van der Waals surface area contributed by atoms with E-state index in [-0.39, 0.29) is 6.04 Å². The minimum atomic E-state index is 0.0393. The van der Waals surface area contributed by atoms with Gasteiger partial charge in [-0.05, 0) is 30.7 Å².